The number of carbonyl (C=O) groups excluding carboxylic acids is 1. The van der Waals surface area contributed by atoms with Gasteiger partial charge in [0.1, 0.15) is 0 Å². The van der Waals surface area contributed by atoms with Crippen molar-refractivity contribution in [1.29, 1.82) is 0 Å². The smallest absolute Gasteiger partial charge is 0.341 e. The summed E-state index contributed by atoms with van der Waals surface area (Å²) in [5.41, 5.74) is 4.42. The first-order chi connectivity index (χ1) is 15.3. The molecular formula is C25H27N3O2S2. The minimum atomic E-state index is -1.04. The van der Waals surface area contributed by atoms with Gasteiger partial charge in [-0.1, -0.05) is 12.1 Å². The molecule has 0 radical (unpaired) electrons. The van der Waals surface area contributed by atoms with Gasteiger partial charge in [-0.2, -0.15) is 0 Å². The van der Waals surface area contributed by atoms with Crippen molar-refractivity contribution in [2.45, 2.75) is 15.4 Å². The number of aromatic nitrogens is 1. The SMILES string of the molecule is CSc1cc(N(C)C)ccc1C1(c2ccc(N(C)C)cc2SC)OC(=O)c2cnccc21. The molecule has 1 aliphatic heterocycles. The molecule has 1 aromatic heterocycles. The average Bonchev–Trinajstić information content (AvgIpc) is 3.11. The van der Waals surface area contributed by atoms with Gasteiger partial charge in [0.15, 0.2) is 5.60 Å². The van der Waals surface area contributed by atoms with Crippen molar-refractivity contribution < 1.29 is 9.53 Å². The maximum atomic E-state index is 13.1. The van der Waals surface area contributed by atoms with Crippen molar-refractivity contribution in [2.24, 2.45) is 0 Å². The maximum absolute atomic E-state index is 13.1. The van der Waals surface area contributed by atoms with E-state index < -0.39 is 5.60 Å². The van der Waals surface area contributed by atoms with Crippen molar-refractivity contribution >= 4 is 40.9 Å². The first-order valence-corrected chi connectivity index (χ1v) is 12.7. The number of esters is 1. The molecule has 4 rings (SSSR count). The van der Waals surface area contributed by atoms with Gasteiger partial charge in [0.25, 0.3) is 0 Å². The zero-order valence-electron chi connectivity index (χ0n) is 19.2. The minimum absolute atomic E-state index is 0.347. The molecule has 2 aromatic carbocycles. The Hall–Kier alpha value is -2.64. The maximum Gasteiger partial charge on any atom is 0.341 e. The first kappa shape index (κ1) is 22.6. The summed E-state index contributed by atoms with van der Waals surface area (Å²) in [6, 6.07) is 14.6. The Kier molecular flexibility index (Phi) is 6.14. The predicted octanol–water partition coefficient (Wildman–Crippen LogP) is 5.12. The highest BCUT2D eigenvalue weighted by Crippen LogP contribution is 2.52. The molecule has 1 aliphatic rings. The van der Waals surface area contributed by atoms with E-state index in [0.717, 1.165) is 37.9 Å². The summed E-state index contributed by atoms with van der Waals surface area (Å²) in [4.78, 5) is 23.6. The standard InChI is InChI=1S/C25H27N3O2S2/c1-27(2)16-7-9-20(22(13-16)31-5)25(19-11-12-26-15-18(19)24(29)30-25)21-10-8-17(28(3)4)14-23(21)32-6/h7-15H,1-6H3. The lowest BCUT2D eigenvalue weighted by Gasteiger charge is -2.34. The topological polar surface area (TPSA) is 45.7 Å². The van der Waals surface area contributed by atoms with Crippen LogP contribution in [-0.2, 0) is 10.3 Å². The van der Waals surface area contributed by atoms with E-state index in [1.165, 1.54) is 0 Å². The molecule has 0 amide bonds. The summed E-state index contributed by atoms with van der Waals surface area (Å²) in [7, 11) is 8.10. The van der Waals surface area contributed by atoms with Crippen LogP contribution in [0.3, 0.4) is 0 Å². The van der Waals surface area contributed by atoms with E-state index in [0.29, 0.717) is 5.56 Å². The summed E-state index contributed by atoms with van der Waals surface area (Å²) < 4.78 is 6.34. The number of pyridine rings is 1. The van der Waals surface area contributed by atoms with Crippen LogP contribution in [0.2, 0.25) is 0 Å². The Labute approximate surface area is 198 Å². The van der Waals surface area contributed by atoms with Gasteiger partial charge in [0, 0.05) is 78.4 Å². The van der Waals surface area contributed by atoms with Crippen LogP contribution in [0.15, 0.2) is 64.6 Å². The van der Waals surface area contributed by atoms with Crippen LogP contribution in [0.4, 0.5) is 11.4 Å². The molecule has 7 heteroatoms. The molecule has 5 nitrogen and oxygen atoms in total. The minimum Gasteiger partial charge on any atom is -0.440 e. The normalized spacial score (nSPS) is 14.1. The summed E-state index contributed by atoms with van der Waals surface area (Å²) in [6.45, 7) is 0. The lowest BCUT2D eigenvalue weighted by atomic mass is 9.80. The average molecular weight is 466 g/mol. The van der Waals surface area contributed by atoms with Crippen molar-refractivity contribution in [2.75, 3.05) is 50.5 Å². The van der Waals surface area contributed by atoms with Crippen LogP contribution >= 0.6 is 23.5 Å². The van der Waals surface area contributed by atoms with Crippen molar-refractivity contribution in [3.05, 3.63) is 77.1 Å². The molecule has 0 fully saturated rings. The van der Waals surface area contributed by atoms with Gasteiger partial charge >= 0.3 is 5.97 Å². The van der Waals surface area contributed by atoms with E-state index in [9.17, 15) is 4.79 Å². The van der Waals surface area contributed by atoms with E-state index >= 15 is 0 Å². The van der Waals surface area contributed by atoms with E-state index in [1.807, 2.05) is 34.3 Å². The molecule has 0 saturated carbocycles. The van der Waals surface area contributed by atoms with Gasteiger partial charge in [-0.05, 0) is 42.8 Å². The fourth-order valence-corrected chi connectivity index (χ4v) is 5.50. The number of anilines is 2. The second-order valence-electron chi connectivity index (χ2n) is 8.05. The third-order valence-electron chi connectivity index (χ3n) is 5.83. The highest BCUT2D eigenvalue weighted by molar-refractivity contribution is 7.99. The predicted molar refractivity (Wildman–Crippen MR) is 135 cm³/mol. The molecule has 32 heavy (non-hydrogen) atoms. The summed E-state index contributed by atoms with van der Waals surface area (Å²) >= 11 is 3.31. The number of rotatable bonds is 6. The molecule has 0 atom stereocenters. The largest absolute Gasteiger partial charge is 0.440 e. The number of cyclic esters (lactones) is 1. The molecule has 2 heterocycles. The van der Waals surface area contributed by atoms with Gasteiger partial charge in [0.05, 0.1) is 5.56 Å². The number of benzene rings is 2. The van der Waals surface area contributed by atoms with Crippen LogP contribution in [-0.4, -0.2) is 51.7 Å². The van der Waals surface area contributed by atoms with E-state index in [4.69, 9.17) is 4.74 Å². The fourth-order valence-electron chi connectivity index (χ4n) is 4.16. The second-order valence-corrected chi connectivity index (χ2v) is 9.75. The molecule has 0 saturated heterocycles. The quantitative estimate of drug-likeness (QED) is 0.370. The summed E-state index contributed by atoms with van der Waals surface area (Å²) in [5, 5.41) is 0. The second kappa shape index (κ2) is 8.71. The van der Waals surface area contributed by atoms with Gasteiger partial charge in [-0.15, -0.1) is 23.5 Å². The number of hydrogen-bond acceptors (Lipinski definition) is 7. The Bertz CT molecular complexity index is 1120. The van der Waals surface area contributed by atoms with Crippen LogP contribution in [0.1, 0.15) is 27.0 Å². The number of thioether (sulfide) groups is 2. The van der Waals surface area contributed by atoms with Gasteiger partial charge in [-0.3, -0.25) is 4.98 Å². The highest BCUT2D eigenvalue weighted by atomic mass is 32.2. The molecule has 0 aliphatic carbocycles. The Morgan fingerprint density at radius 2 is 1.34 bits per heavy atom. The monoisotopic (exact) mass is 465 g/mol. The zero-order chi connectivity index (χ0) is 23.0. The lowest BCUT2D eigenvalue weighted by molar-refractivity contribution is 0.0236. The molecule has 0 unspecified atom stereocenters. The molecular weight excluding hydrogens is 438 g/mol. The Morgan fingerprint density at radius 3 is 1.81 bits per heavy atom. The van der Waals surface area contributed by atoms with Crippen LogP contribution in [0, 0.1) is 0 Å². The van der Waals surface area contributed by atoms with Crippen LogP contribution < -0.4 is 9.80 Å². The van der Waals surface area contributed by atoms with Gasteiger partial charge < -0.3 is 14.5 Å². The number of fused-ring (bicyclic) bond motifs is 1. The molecule has 0 spiro atoms. The summed E-state index contributed by atoms with van der Waals surface area (Å²) in [6.07, 6.45) is 7.45. The zero-order valence-corrected chi connectivity index (χ0v) is 20.8. The lowest BCUT2D eigenvalue weighted by Crippen LogP contribution is -2.31. The number of ether oxygens (including phenoxy) is 1. The van der Waals surface area contributed by atoms with Crippen molar-refractivity contribution in [3.8, 4) is 0 Å². The Balaban J connectivity index is 2.08. The summed E-state index contributed by atoms with van der Waals surface area (Å²) in [5.74, 6) is -0.347. The van der Waals surface area contributed by atoms with Gasteiger partial charge in [-0.25, -0.2) is 4.79 Å². The van der Waals surface area contributed by atoms with E-state index in [2.05, 4.69) is 63.7 Å². The van der Waals surface area contributed by atoms with Crippen LogP contribution in [0.5, 0.6) is 0 Å². The molecule has 0 bridgehead atoms. The Morgan fingerprint density at radius 1 is 0.812 bits per heavy atom. The molecule has 166 valence electrons. The van der Waals surface area contributed by atoms with Gasteiger partial charge in [0.2, 0.25) is 0 Å². The van der Waals surface area contributed by atoms with Crippen molar-refractivity contribution in [3.63, 3.8) is 0 Å². The van der Waals surface area contributed by atoms with E-state index in [1.54, 1.807) is 35.9 Å². The van der Waals surface area contributed by atoms with Crippen molar-refractivity contribution in [1.82, 2.24) is 4.98 Å². The number of carbonyl (C=O) groups is 1. The molecule has 0 N–H and O–H groups in total. The third kappa shape index (κ3) is 3.53. The third-order valence-corrected chi connectivity index (χ3v) is 7.38. The molecule has 3 aromatic rings. The number of hydrogen-bond donors (Lipinski definition) is 0. The number of nitrogens with zero attached hydrogens (tertiary/aromatic N) is 3. The fraction of sp³-hybridized carbons (Fsp3) is 0.280. The first-order valence-electron chi connectivity index (χ1n) is 10.2. The van der Waals surface area contributed by atoms with Crippen LogP contribution in [0.25, 0.3) is 0 Å². The van der Waals surface area contributed by atoms with E-state index in [-0.39, 0.29) is 5.97 Å². The highest BCUT2D eigenvalue weighted by Gasteiger charge is 2.51.